The fourth-order valence-corrected chi connectivity index (χ4v) is 25.8. The maximum atomic E-state index is 11.8. The van der Waals surface area contributed by atoms with E-state index in [0.717, 1.165) is 132 Å². The summed E-state index contributed by atoms with van der Waals surface area (Å²) >= 11 is 7.00. The molecule has 0 aliphatic carbocycles. The number of anilines is 2. The van der Waals surface area contributed by atoms with Crippen LogP contribution in [0.1, 0.15) is 171 Å². The van der Waals surface area contributed by atoms with E-state index in [2.05, 4.69) is 284 Å². The smallest absolute Gasteiger partial charge is 0.261 e. The summed E-state index contributed by atoms with van der Waals surface area (Å²) in [5.74, 6) is 3.98. The molecule has 0 fully saturated rings. The lowest BCUT2D eigenvalue weighted by Crippen LogP contribution is -2.66. The first kappa shape index (κ1) is 86.6. The van der Waals surface area contributed by atoms with Gasteiger partial charge in [0.2, 0.25) is 0 Å². The normalized spacial score (nSPS) is 12.7. The first-order valence-corrected chi connectivity index (χ1v) is 51.3. The third kappa shape index (κ3) is 22.8. The van der Waals surface area contributed by atoms with Gasteiger partial charge in [0.05, 0.1) is 9.75 Å². The summed E-state index contributed by atoms with van der Waals surface area (Å²) in [4.78, 5) is 31.4. The molecule has 12 rings (SSSR count). The number of carbonyl (C=O) groups excluding carboxylic acids is 2. The van der Waals surface area contributed by atoms with Crippen molar-refractivity contribution >= 4 is 146 Å². The van der Waals surface area contributed by atoms with Crippen LogP contribution in [-0.4, -0.2) is 95.0 Å². The minimum atomic E-state index is -2.58. The Hall–Kier alpha value is -7.81. The maximum absolute atomic E-state index is 11.8. The zero-order valence-corrected chi connectivity index (χ0v) is 74.3. The van der Waals surface area contributed by atoms with Crippen LogP contribution >= 0.6 is 59.9 Å². The molecule has 18 heteroatoms. The van der Waals surface area contributed by atoms with Crippen molar-refractivity contribution in [2.24, 2.45) is 0 Å². The van der Waals surface area contributed by atoms with Crippen molar-refractivity contribution in [3.05, 3.63) is 260 Å². The number of ether oxygens (including phenoxy) is 6. The van der Waals surface area contributed by atoms with Gasteiger partial charge in [-0.05, 0) is 129 Å². The number of thiophene rings is 2. The van der Waals surface area contributed by atoms with Crippen molar-refractivity contribution < 1.29 is 46.9 Å². The van der Waals surface area contributed by atoms with Gasteiger partial charge in [0.1, 0.15) is 60.9 Å². The Morgan fingerprint density at radius 1 is 0.384 bits per heavy atom. The van der Waals surface area contributed by atoms with Gasteiger partial charge in [-0.15, -0.1) is 22.7 Å². The molecule has 0 unspecified atom stereocenters. The van der Waals surface area contributed by atoms with E-state index in [1.165, 1.54) is 69.1 Å². The fourth-order valence-electron chi connectivity index (χ4n) is 14.8. The number of rotatable bonds is 38. The number of hydrogen-bond acceptors (Lipinski definition) is 14. The zero-order chi connectivity index (χ0) is 79.0. The largest absolute Gasteiger partial charge is 0.488 e. The number of aldehydes is 2. The first-order chi connectivity index (χ1) is 54.7. The standard InChI is InChI=1S/2C47H55NO5SSi.I2/c2*1-5-6-16-29-48(30-17-18-31-53-55(47(2,3)4,40-21-12-8-13-22-40)41-23-14-9-15-24-41)39-27-25-38(42(34-39)52-36-37-19-10-7-11-20-37)26-28-43-45-46(44(35-49)54-43)51-33-32-50-45;1-2/h2*7-15,19-28,34-35H,5-6,16-18,29-33,36H2,1-4H3;/b2*28-26+;. The molecule has 0 amide bonds. The predicted octanol–water partition coefficient (Wildman–Crippen LogP) is 22.6. The number of benzene rings is 8. The van der Waals surface area contributed by atoms with Gasteiger partial charge in [-0.1, -0.05) is 263 Å². The second-order valence-corrected chi connectivity index (χ2v) is 40.9. The van der Waals surface area contributed by atoms with E-state index >= 15 is 0 Å². The molecule has 2 aliphatic rings. The van der Waals surface area contributed by atoms with Crippen molar-refractivity contribution in [1.82, 2.24) is 0 Å². The number of nitrogens with zero attached hydrogens (tertiary/aromatic N) is 2. The molecule has 2 aliphatic heterocycles. The molecule has 0 bridgehead atoms. The number of fused-ring (bicyclic) bond motifs is 2. The zero-order valence-electron chi connectivity index (χ0n) is 66.4. The summed E-state index contributed by atoms with van der Waals surface area (Å²) in [6.45, 7) is 26.5. The predicted molar refractivity (Wildman–Crippen MR) is 491 cm³/mol. The topological polar surface area (TPSA) is 114 Å². The third-order valence-corrected chi connectivity index (χ3v) is 32.5. The van der Waals surface area contributed by atoms with E-state index < -0.39 is 16.6 Å². The molecule has 4 heterocycles. The minimum absolute atomic E-state index is 0.0470. The van der Waals surface area contributed by atoms with E-state index in [0.29, 0.717) is 85.6 Å². The SMILES string of the molecule is CCCCCN(CCCCO[Si](c1ccccc1)(c1ccccc1)C(C)(C)C)c1ccc(/C=C/c2sc(C=O)c3c2OCCO3)c(OCc2ccccc2)c1.CCCCCN(CCCCO[Si](c1ccccc1)(c1ccccc1)C(C)(C)C)c1ccc(/C=C/c2sc(C=O)c3c2OCCO3)c(OCc2ccccc2)c1.II. The van der Waals surface area contributed by atoms with E-state index in [-0.39, 0.29) is 10.1 Å². The maximum Gasteiger partial charge on any atom is 0.261 e. The van der Waals surface area contributed by atoms with Gasteiger partial charge in [-0.2, -0.15) is 0 Å². The highest BCUT2D eigenvalue weighted by Gasteiger charge is 2.51. The van der Waals surface area contributed by atoms with Crippen molar-refractivity contribution in [3.63, 3.8) is 0 Å². The van der Waals surface area contributed by atoms with Crippen LogP contribution in [0.2, 0.25) is 10.1 Å². The van der Waals surface area contributed by atoms with E-state index in [4.69, 9.17) is 37.3 Å². The van der Waals surface area contributed by atoms with Crippen LogP contribution in [0.15, 0.2) is 218 Å². The van der Waals surface area contributed by atoms with Crippen LogP contribution < -0.4 is 59.0 Å². The van der Waals surface area contributed by atoms with Crippen LogP contribution in [0, 0.1) is 0 Å². The van der Waals surface area contributed by atoms with E-state index in [1.807, 2.05) is 60.7 Å². The Balaban J connectivity index is 0.000000233. The highest BCUT2D eigenvalue weighted by molar-refractivity contribution is 15.0. The van der Waals surface area contributed by atoms with Gasteiger partial charge >= 0.3 is 0 Å². The lowest BCUT2D eigenvalue weighted by atomic mass is 10.1. The first-order valence-electron chi connectivity index (χ1n) is 39.5. The molecule has 0 radical (unpaired) electrons. The van der Waals surface area contributed by atoms with Crippen molar-refractivity contribution in [3.8, 4) is 34.5 Å². The second kappa shape index (κ2) is 44.2. The second-order valence-electron chi connectivity index (χ2n) is 30.1. The van der Waals surface area contributed by atoms with Crippen LogP contribution in [0.3, 0.4) is 0 Å². The van der Waals surface area contributed by atoms with Crippen LogP contribution in [0.25, 0.3) is 24.3 Å². The van der Waals surface area contributed by atoms with E-state index in [1.54, 1.807) is 0 Å². The summed E-state index contributed by atoms with van der Waals surface area (Å²) in [5.41, 5.74) is 6.43. The fraction of sp³-hybridized carbons (Fsp3) is 0.340. The highest BCUT2D eigenvalue weighted by Crippen LogP contribution is 2.47. The summed E-state index contributed by atoms with van der Waals surface area (Å²) < 4.78 is 51.0. The molecule has 112 heavy (non-hydrogen) atoms. The number of hydrogen-bond donors (Lipinski definition) is 0. The van der Waals surface area contributed by atoms with Crippen molar-refractivity contribution in [2.45, 2.75) is 143 Å². The molecule has 8 aromatic carbocycles. The Labute approximate surface area is 699 Å². The molecular formula is C94H110I2N2O10S2Si2. The van der Waals surface area contributed by atoms with Gasteiger partial charge in [0.15, 0.2) is 35.6 Å². The molecule has 0 N–H and O–H groups in total. The average Bonchev–Trinajstić information content (AvgIpc) is 1.07. The monoisotopic (exact) mass is 1800 g/mol. The van der Waals surface area contributed by atoms with Gasteiger partial charge < -0.3 is 47.1 Å². The molecule has 0 saturated carbocycles. The Morgan fingerprint density at radius 2 is 0.679 bits per heavy atom. The molecule has 0 spiro atoms. The van der Waals surface area contributed by atoms with Crippen LogP contribution in [0.5, 0.6) is 34.5 Å². The van der Waals surface area contributed by atoms with Gasteiger partial charge in [0.25, 0.3) is 16.6 Å². The highest BCUT2D eigenvalue weighted by atomic mass is 128. The van der Waals surface area contributed by atoms with Crippen LogP contribution in [0.4, 0.5) is 11.4 Å². The van der Waals surface area contributed by atoms with E-state index in [9.17, 15) is 9.59 Å². The third-order valence-electron chi connectivity index (χ3n) is 20.3. The Kier molecular flexibility index (Phi) is 34.2. The van der Waals surface area contributed by atoms with Crippen molar-refractivity contribution in [1.29, 1.82) is 0 Å². The summed E-state index contributed by atoms with van der Waals surface area (Å²) in [6.07, 6.45) is 20.7. The van der Waals surface area contributed by atoms with Crippen LogP contribution in [-0.2, 0) is 22.1 Å². The quantitative estimate of drug-likeness (QED) is 0.0159. The van der Waals surface area contributed by atoms with Gasteiger partial charge in [0, 0.05) is 111 Å². The molecule has 12 nitrogen and oxygen atoms in total. The Bertz CT molecular complexity index is 4170. The summed E-state index contributed by atoms with van der Waals surface area (Å²) in [6, 6.07) is 77.2. The molecule has 590 valence electrons. The summed E-state index contributed by atoms with van der Waals surface area (Å²) in [7, 11) is -5.15. The molecule has 2 aromatic heterocycles. The lowest BCUT2D eigenvalue weighted by molar-refractivity contribution is 0.110. The number of carbonyl (C=O) groups is 2. The van der Waals surface area contributed by atoms with Gasteiger partial charge in [-0.25, -0.2) is 0 Å². The average molecular weight is 1800 g/mol. The molecular weight excluding hydrogens is 1690 g/mol. The minimum Gasteiger partial charge on any atom is -0.488 e. The lowest BCUT2D eigenvalue weighted by Gasteiger charge is -2.43. The van der Waals surface area contributed by atoms with Gasteiger partial charge in [-0.3, -0.25) is 9.59 Å². The molecule has 10 aromatic rings. The summed E-state index contributed by atoms with van der Waals surface area (Å²) in [5, 5.41) is 5.17. The number of unbranched alkanes of at least 4 members (excludes halogenated alkanes) is 6. The number of halogens is 2. The molecule has 0 atom stereocenters. The van der Waals surface area contributed by atoms with Crippen molar-refractivity contribution in [2.75, 3.05) is 75.6 Å². The Morgan fingerprint density at radius 3 is 0.973 bits per heavy atom. The molecule has 0 saturated heterocycles.